The molecular formula is C14H19ClN4O. The Balaban J connectivity index is 0.00000200. The highest BCUT2D eigenvalue weighted by molar-refractivity contribution is 5.85. The summed E-state index contributed by atoms with van der Waals surface area (Å²) >= 11 is 0. The summed E-state index contributed by atoms with van der Waals surface area (Å²) in [7, 11) is 1.74. The van der Waals surface area contributed by atoms with Gasteiger partial charge in [-0.3, -0.25) is 4.79 Å². The molecule has 0 aliphatic rings. The third-order valence-electron chi connectivity index (χ3n) is 2.84. The predicted molar refractivity (Wildman–Crippen MR) is 80.9 cm³/mol. The number of halogens is 1. The Bertz CT molecular complexity index is 553. The maximum Gasteiger partial charge on any atom is 0.239 e. The molecule has 0 aliphatic heterocycles. The monoisotopic (exact) mass is 294 g/mol. The molecule has 0 saturated carbocycles. The lowest BCUT2D eigenvalue weighted by atomic mass is 10.2. The molecule has 5 nitrogen and oxygen atoms in total. The molecule has 2 rings (SSSR count). The van der Waals surface area contributed by atoms with Crippen molar-refractivity contribution in [3.8, 4) is 5.69 Å². The number of aromatic nitrogens is 2. The van der Waals surface area contributed by atoms with Crippen LogP contribution in [0.2, 0.25) is 0 Å². The molecule has 1 aromatic heterocycles. The Kier molecular flexibility index (Phi) is 5.73. The lowest BCUT2D eigenvalue weighted by Crippen LogP contribution is -2.39. The Morgan fingerprint density at radius 2 is 2.05 bits per heavy atom. The first-order valence-corrected chi connectivity index (χ1v) is 6.17. The summed E-state index contributed by atoms with van der Waals surface area (Å²) in [6.45, 7) is 2.19. The summed E-state index contributed by atoms with van der Waals surface area (Å²) < 4.78 is 1.79. The number of carbonyl (C=O) groups is 1. The van der Waals surface area contributed by atoms with Crippen molar-refractivity contribution in [2.45, 2.75) is 19.5 Å². The third kappa shape index (κ3) is 3.82. The third-order valence-corrected chi connectivity index (χ3v) is 2.84. The minimum Gasteiger partial charge on any atom is -0.340 e. The molecular weight excluding hydrogens is 276 g/mol. The Morgan fingerprint density at radius 3 is 2.65 bits per heavy atom. The zero-order valence-corrected chi connectivity index (χ0v) is 12.4. The van der Waals surface area contributed by atoms with Crippen LogP contribution >= 0.6 is 12.4 Å². The standard InChI is InChI=1S/C14H18N4O.ClH/c1-11(15)14(19)17(2)9-12-8-16-18(10-12)13-6-4-3-5-7-13;/h3-8,10-11H,9,15H2,1-2H3;1H. The fourth-order valence-corrected chi connectivity index (χ4v) is 1.86. The van der Waals surface area contributed by atoms with Crippen LogP contribution in [0.25, 0.3) is 5.69 Å². The average molecular weight is 295 g/mol. The second-order valence-corrected chi connectivity index (χ2v) is 4.61. The van der Waals surface area contributed by atoms with Crippen LogP contribution < -0.4 is 5.73 Å². The van der Waals surface area contributed by atoms with Gasteiger partial charge in [0.05, 0.1) is 17.9 Å². The van der Waals surface area contributed by atoms with Crippen LogP contribution in [0.5, 0.6) is 0 Å². The predicted octanol–water partition coefficient (Wildman–Crippen LogP) is 1.60. The average Bonchev–Trinajstić information content (AvgIpc) is 2.87. The molecule has 0 saturated heterocycles. The van der Waals surface area contributed by atoms with E-state index in [1.54, 1.807) is 29.7 Å². The van der Waals surface area contributed by atoms with Gasteiger partial charge in [-0.05, 0) is 19.1 Å². The van der Waals surface area contributed by atoms with E-state index in [0.29, 0.717) is 6.54 Å². The van der Waals surface area contributed by atoms with Gasteiger partial charge in [0.25, 0.3) is 0 Å². The van der Waals surface area contributed by atoms with E-state index in [-0.39, 0.29) is 18.3 Å². The molecule has 0 bridgehead atoms. The van der Waals surface area contributed by atoms with Crippen LogP contribution in [0.4, 0.5) is 0 Å². The van der Waals surface area contributed by atoms with Crippen molar-refractivity contribution in [1.82, 2.24) is 14.7 Å². The quantitative estimate of drug-likeness (QED) is 0.931. The molecule has 0 spiro atoms. The highest BCUT2D eigenvalue weighted by Crippen LogP contribution is 2.09. The van der Waals surface area contributed by atoms with Crippen LogP contribution in [0, 0.1) is 0 Å². The summed E-state index contributed by atoms with van der Waals surface area (Å²) in [4.78, 5) is 13.3. The van der Waals surface area contributed by atoms with Gasteiger partial charge in [0.1, 0.15) is 0 Å². The summed E-state index contributed by atoms with van der Waals surface area (Å²) in [6, 6.07) is 9.36. The molecule has 6 heteroatoms. The van der Waals surface area contributed by atoms with Gasteiger partial charge in [-0.2, -0.15) is 5.10 Å². The molecule has 0 fully saturated rings. The molecule has 1 aromatic carbocycles. The summed E-state index contributed by atoms with van der Waals surface area (Å²) in [5, 5.41) is 4.29. The number of nitrogens with two attached hydrogens (primary N) is 1. The molecule has 1 atom stereocenters. The van der Waals surface area contributed by atoms with Gasteiger partial charge in [-0.25, -0.2) is 4.68 Å². The summed E-state index contributed by atoms with van der Waals surface area (Å²) in [6.07, 6.45) is 3.68. The van der Waals surface area contributed by atoms with Crippen LogP contribution in [0.3, 0.4) is 0 Å². The lowest BCUT2D eigenvalue weighted by Gasteiger charge is -2.18. The topological polar surface area (TPSA) is 64.2 Å². The summed E-state index contributed by atoms with van der Waals surface area (Å²) in [5.41, 5.74) is 7.54. The van der Waals surface area contributed by atoms with E-state index in [9.17, 15) is 4.79 Å². The van der Waals surface area contributed by atoms with Gasteiger partial charge >= 0.3 is 0 Å². The molecule has 1 amide bonds. The number of rotatable bonds is 4. The zero-order valence-electron chi connectivity index (χ0n) is 11.6. The number of nitrogens with zero attached hydrogens (tertiary/aromatic N) is 3. The van der Waals surface area contributed by atoms with E-state index in [4.69, 9.17) is 5.73 Å². The number of carbonyl (C=O) groups excluding carboxylic acids is 1. The number of para-hydroxylation sites is 1. The number of amides is 1. The van der Waals surface area contributed by atoms with Crippen LogP contribution in [0.15, 0.2) is 42.7 Å². The minimum atomic E-state index is -0.478. The fraction of sp³-hybridized carbons (Fsp3) is 0.286. The number of likely N-dealkylation sites (N-methyl/N-ethyl adjacent to an activating group) is 1. The summed E-state index contributed by atoms with van der Waals surface area (Å²) in [5.74, 6) is -0.0764. The van der Waals surface area contributed by atoms with Gasteiger partial charge in [-0.15, -0.1) is 12.4 Å². The molecule has 2 N–H and O–H groups in total. The molecule has 108 valence electrons. The first-order valence-electron chi connectivity index (χ1n) is 6.17. The van der Waals surface area contributed by atoms with Gasteiger partial charge in [0.15, 0.2) is 0 Å². The van der Waals surface area contributed by atoms with E-state index in [0.717, 1.165) is 11.3 Å². The van der Waals surface area contributed by atoms with Crippen molar-refractivity contribution >= 4 is 18.3 Å². The maximum absolute atomic E-state index is 11.7. The van der Waals surface area contributed by atoms with E-state index < -0.39 is 6.04 Å². The highest BCUT2D eigenvalue weighted by Gasteiger charge is 2.14. The van der Waals surface area contributed by atoms with E-state index in [2.05, 4.69) is 5.10 Å². The van der Waals surface area contributed by atoms with Gasteiger partial charge in [0, 0.05) is 25.4 Å². The van der Waals surface area contributed by atoms with E-state index >= 15 is 0 Å². The first-order chi connectivity index (χ1) is 9.08. The van der Waals surface area contributed by atoms with Crippen LogP contribution in [-0.4, -0.2) is 33.7 Å². The molecule has 2 aromatic rings. The van der Waals surface area contributed by atoms with Crippen molar-refractivity contribution in [2.75, 3.05) is 7.05 Å². The molecule has 0 aliphatic carbocycles. The number of hydrogen-bond acceptors (Lipinski definition) is 3. The van der Waals surface area contributed by atoms with Crippen molar-refractivity contribution in [2.24, 2.45) is 5.73 Å². The molecule has 0 radical (unpaired) electrons. The second-order valence-electron chi connectivity index (χ2n) is 4.61. The van der Waals surface area contributed by atoms with Crippen LogP contribution in [-0.2, 0) is 11.3 Å². The second kappa shape index (κ2) is 7.07. The molecule has 20 heavy (non-hydrogen) atoms. The van der Waals surface area contributed by atoms with Gasteiger partial charge in [-0.1, -0.05) is 18.2 Å². The molecule has 1 heterocycles. The SMILES string of the molecule is CC(N)C(=O)N(C)Cc1cnn(-c2ccccc2)c1.Cl. The largest absolute Gasteiger partial charge is 0.340 e. The maximum atomic E-state index is 11.7. The molecule has 1 unspecified atom stereocenters. The van der Waals surface area contributed by atoms with E-state index in [1.165, 1.54) is 0 Å². The van der Waals surface area contributed by atoms with E-state index in [1.807, 2.05) is 36.5 Å². The highest BCUT2D eigenvalue weighted by atomic mass is 35.5. The Labute approximate surface area is 124 Å². The van der Waals surface area contributed by atoms with Crippen molar-refractivity contribution in [3.63, 3.8) is 0 Å². The van der Waals surface area contributed by atoms with Crippen molar-refractivity contribution in [1.29, 1.82) is 0 Å². The normalized spacial score (nSPS) is 11.6. The first kappa shape index (κ1) is 16.2. The zero-order chi connectivity index (χ0) is 13.8. The Hall–Kier alpha value is -1.85. The number of hydrogen-bond donors (Lipinski definition) is 1. The Morgan fingerprint density at radius 1 is 1.40 bits per heavy atom. The number of benzene rings is 1. The minimum absolute atomic E-state index is 0. The van der Waals surface area contributed by atoms with Gasteiger partial charge in [0.2, 0.25) is 5.91 Å². The van der Waals surface area contributed by atoms with Gasteiger partial charge < -0.3 is 10.6 Å². The van der Waals surface area contributed by atoms with Crippen LogP contribution in [0.1, 0.15) is 12.5 Å². The fourth-order valence-electron chi connectivity index (χ4n) is 1.86. The van der Waals surface area contributed by atoms with Crippen molar-refractivity contribution < 1.29 is 4.79 Å². The van der Waals surface area contributed by atoms with Crippen molar-refractivity contribution in [3.05, 3.63) is 48.3 Å². The lowest BCUT2D eigenvalue weighted by molar-refractivity contribution is -0.131. The smallest absolute Gasteiger partial charge is 0.239 e.